The standard InChI is InChI=1S/C15H19N3OS2/c1-4-11-7-6-8-12(5-2)13(11)16-14-17-18-15(21-14)20-9-10(3)19/h6-8H,4-5,9H2,1-3H3,(H,16,17). The quantitative estimate of drug-likeness (QED) is 0.779. The number of hydrogen-bond acceptors (Lipinski definition) is 6. The van der Waals surface area contributed by atoms with Crippen LogP contribution in [0.3, 0.4) is 0 Å². The molecule has 0 fully saturated rings. The number of benzene rings is 1. The number of carbonyl (C=O) groups is 1. The fourth-order valence-electron chi connectivity index (χ4n) is 1.99. The van der Waals surface area contributed by atoms with Crippen molar-refractivity contribution in [2.45, 2.75) is 38.0 Å². The molecule has 2 rings (SSSR count). The molecule has 0 saturated carbocycles. The number of nitrogens with one attached hydrogen (secondary N) is 1. The average molecular weight is 321 g/mol. The van der Waals surface area contributed by atoms with Crippen molar-refractivity contribution < 1.29 is 4.79 Å². The van der Waals surface area contributed by atoms with Gasteiger partial charge in [-0.2, -0.15) is 0 Å². The lowest BCUT2D eigenvalue weighted by Gasteiger charge is -2.13. The summed E-state index contributed by atoms with van der Waals surface area (Å²) < 4.78 is 0.819. The van der Waals surface area contributed by atoms with E-state index in [1.807, 2.05) is 0 Å². The third-order valence-corrected chi connectivity index (χ3v) is 5.15. The van der Waals surface area contributed by atoms with Crippen LogP contribution in [0.1, 0.15) is 31.9 Å². The second kappa shape index (κ2) is 7.56. The van der Waals surface area contributed by atoms with Crippen LogP contribution in [0.25, 0.3) is 0 Å². The molecule has 0 aliphatic heterocycles. The van der Waals surface area contributed by atoms with Crippen molar-refractivity contribution in [3.05, 3.63) is 29.3 Å². The zero-order valence-corrected chi connectivity index (χ0v) is 14.1. The molecule has 1 aromatic heterocycles. The maximum atomic E-state index is 11.0. The maximum Gasteiger partial charge on any atom is 0.210 e. The first kappa shape index (κ1) is 16.0. The van der Waals surface area contributed by atoms with Crippen molar-refractivity contribution in [1.82, 2.24) is 10.2 Å². The smallest absolute Gasteiger partial charge is 0.210 e. The Labute approximate surface area is 133 Å². The number of carbonyl (C=O) groups excluding carboxylic acids is 1. The topological polar surface area (TPSA) is 54.9 Å². The number of aromatic nitrogens is 2. The molecule has 0 atom stereocenters. The van der Waals surface area contributed by atoms with Gasteiger partial charge >= 0.3 is 0 Å². The summed E-state index contributed by atoms with van der Waals surface area (Å²) in [4.78, 5) is 11.0. The lowest BCUT2D eigenvalue weighted by Crippen LogP contribution is -1.99. The molecule has 0 spiro atoms. The van der Waals surface area contributed by atoms with Gasteiger partial charge in [-0.1, -0.05) is 55.1 Å². The summed E-state index contributed by atoms with van der Waals surface area (Å²) >= 11 is 2.92. The highest BCUT2D eigenvalue weighted by Gasteiger charge is 2.10. The van der Waals surface area contributed by atoms with Gasteiger partial charge in [0.05, 0.1) is 5.75 Å². The molecular weight excluding hydrogens is 302 g/mol. The Bertz CT molecular complexity index is 603. The summed E-state index contributed by atoms with van der Waals surface area (Å²) in [5.74, 6) is 0.592. The summed E-state index contributed by atoms with van der Waals surface area (Å²) in [6.45, 7) is 5.88. The molecule has 0 bridgehead atoms. The number of thioether (sulfide) groups is 1. The van der Waals surface area contributed by atoms with Crippen LogP contribution < -0.4 is 5.32 Å². The fourth-order valence-corrected chi connectivity index (χ4v) is 3.55. The van der Waals surface area contributed by atoms with E-state index in [-0.39, 0.29) is 5.78 Å². The number of nitrogens with zero attached hydrogens (tertiary/aromatic N) is 2. The Balaban J connectivity index is 2.16. The van der Waals surface area contributed by atoms with E-state index in [2.05, 4.69) is 47.6 Å². The van der Waals surface area contributed by atoms with Crippen molar-refractivity contribution in [1.29, 1.82) is 0 Å². The third-order valence-electron chi connectivity index (χ3n) is 3.04. The van der Waals surface area contributed by atoms with Gasteiger partial charge in [0.25, 0.3) is 0 Å². The molecule has 0 amide bonds. The number of rotatable bonds is 7. The molecule has 1 N–H and O–H groups in total. The van der Waals surface area contributed by atoms with E-state index in [4.69, 9.17) is 0 Å². The number of para-hydroxylation sites is 1. The van der Waals surface area contributed by atoms with Crippen molar-refractivity contribution in [2.24, 2.45) is 0 Å². The van der Waals surface area contributed by atoms with Crippen LogP contribution >= 0.6 is 23.1 Å². The van der Waals surface area contributed by atoms with Gasteiger partial charge in [0.15, 0.2) is 4.34 Å². The molecule has 1 heterocycles. The van der Waals surface area contributed by atoms with Crippen molar-refractivity contribution in [2.75, 3.05) is 11.1 Å². The van der Waals surface area contributed by atoms with Crippen LogP contribution in [0.4, 0.5) is 10.8 Å². The zero-order chi connectivity index (χ0) is 15.2. The summed E-state index contributed by atoms with van der Waals surface area (Å²) in [6.07, 6.45) is 1.95. The van der Waals surface area contributed by atoms with E-state index in [1.165, 1.54) is 34.2 Å². The van der Waals surface area contributed by atoms with E-state index in [1.54, 1.807) is 6.92 Å². The Kier molecular flexibility index (Phi) is 5.76. The minimum Gasteiger partial charge on any atom is -0.330 e. The number of hydrogen-bond donors (Lipinski definition) is 1. The highest BCUT2D eigenvalue weighted by atomic mass is 32.2. The predicted octanol–water partition coefficient (Wildman–Crippen LogP) is 4.09. The zero-order valence-electron chi connectivity index (χ0n) is 12.5. The molecule has 0 unspecified atom stereocenters. The van der Waals surface area contributed by atoms with Crippen LogP contribution in [-0.4, -0.2) is 21.7 Å². The molecule has 0 aliphatic rings. The highest BCUT2D eigenvalue weighted by Crippen LogP contribution is 2.31. The third kappa shape index (κ3) is 4.28. The van der Waals surface area contributed by atoms with Gasteiger partial charge in [0.2, 0.25) is 5.13 Å². The number of anilines is 2. The highest BCUT2D eigenvalue weighted by molar-refractivity contribution is 8.01. The molecular formula is C15H19N3OS2. The Morgan fingerprint density at radius 3 is 2.48 bits per heavy atom. The van der Waals surface area contributed by atoms with Crippen LogP contribution in [-0.2, 0) is 17.6 Å². The second-order valence-corrected chi connectivity index (χ2v) is 6.85. The van der Waals surface area contributed by atoms with Gasteiger partial charge in [0, 0.05) is 5.69 Å². The minimum absolute atomic E-state index is 0.148. The van der Waals surface area contributed by atoms with E-state index in [0.717, 1.165) is 28.0 Å². The first-order valence-corrected chi connectivity index (χ1v) is 8.77. The van der Waals surface area contributed by atoms with E-state index in [0.29, 0.717) is 5.75 Å². The first-order valence-electron chi connectivity index (χ1n) is 6.97. The minimum atomic E-state index is 0.148. The number of ketones is 1. The average Bonchev–Trinajstić information content (AvgIpc) is 2.93. The van der Waals surface area contributed by atoms with Crippen LogP contribution in [0, 0.1) is 0 Å². The van der Waals surface area contributed by atoms with Crippen molar-refractivity contribution in [3.8, 4) is 0 Å². The second-order valence-electron chi connectivity index (χ2n) is 4.65. The molecule has 6 heteroatoms. The number of Topliss-reactive ketones (excluding diaryl/α,β-unsaturated/α-hetero) is 1. The summed E-state index contributed by atoms with van der Waals surface area (Å²) in [7, 11) is 0. The maximum absolute atomic E-state index is 11.0. The monoisotopic (exact) mass is 321 g/mol. The largest absolute Gasteiger partial charge is 0.330 e. The Morgan fingerprint density at radius 2 is 1.90 bits per heavy atom. The van der Waals surface area contributed by atoms with Gasteiger partial charge < -0.3 is 5.32 Å². The van der Waals surface area contributed by atoms with E-state index < -0.39 is 0 Å². The molecule has 0 aliphatic carbocycles. The first-order chi connectivity index (χ1) is 10.1. The van der Waals surface area contributed by atoms with Crippen molar-refractivity contribution in [3.63, 3.8) is 0 Å². The van der Waals surface area contributed by atoms with Gasteiger partial charge in [-0.25, -0.2) is 0 Å². The van der Waals surface area contributed by atoms with E-state index >= 15 is 0 Å². The lowest BCUT2D eigenvalue weighted by molar-refractivity contribution is -0.114. The molecule has 0 radical (unpaired) electrons. The summed E-state index contributed by atoms with van der Waals surface area (Å²) in [5.41, 5.74) is 3.70. The summed E-state index contributed by atoms with van der Waals surface area (Å²) in [6, 6.07) is 6.36. The molecule has 21 heavy (non-hydrogen) atoms. The molecule has 1 aromatic carbocycles. The predicted molar refractivity (Wildman–Crippen MR) is 89.8 cm³/mol. The Morgan fingerprint density at radius 1 is 1.24 bits per heavy atom. The van der Waals surface area contributed by atoms with Crippen molar-refractivity contribution >= 4 is 39.7 Å². The molecule has 0 saturated heterocycles. The van der Waals surface area contributed by atoms with Gasteiger partial charge in [-0.05, 0) is 30.9 Å². The normalized spacial score (nSPS) is 10.6. The van der Waals surface area contributed by atoms with Crippen LogP contribution in [0.15, 0.2) is 22.5 Å². The summed E-state index contributed by atoms with van der Waals surface area (Å²) in [5, 5.41) is 12.4. The van der Waals surface area contributed by atoms with Gasteiger partial charge in [0.1, 0.15) is 5.78 Å². The Hall–Kier alpha value is -1.40. The fraction of sp³-hybridized carbons (Fsp3) is 0.400. The van der Waals surface area contributed by atoms with Crippen LogP contribution in [0.2, 0.25) is 0 Å². The number of aryl methyl sites for hydroxylation is 2. The van der Waals surface area contributed by atoms with Gasteiger partial charge in [-0.15, -0.1) is 10.2 Å². The molecule has 2 aromatic rings. The lowest BCUT2D eigenvalue weighted by atomic mass is 10.0. The van der Waals surface area contributed by atoms with Gasteiger partial charge in [-0.3, -0.25) is 4.79 Å². The van der Waals surface area contributed by atoms with E-state index in [9.17, 15) is 4.79 Å². The molecule has 4 nitrogen and oxygen atoms in total. The molecule has 112 valence electrons. The van der Waals surface area contributed by atoms with Crippen LogP contribution in [0.5, 0.6) is 0 Å². The SMILES string of the molecule is CCc1cccc(CC)c1Nc1nnc(SCC(C)=O)s1.